The van der Waals surface area contributed by atoms with E-state index in [0.29, 0.717) is 24.3 Å². The lowest BCUT2D eigenvalue weighted by atomic mass is 10.1. The highest BCUT2D eigenvalue weighted by Gasteiger charge is 2.21. The summed E-state index contributed by atoms with van der Waals surface area (Å²) in [5.74, 6) is 0.542. The molecule has 1 aromatic heterocycles. The molecule has 0 spiro atoms. The maximum absolute atomic E-state index is 12.4. The van der Waals surface area contributed by atoms with Crippen LogP contribution in [0.15, 0.2) is 42.6 Å². The van der Waals surface area contributed by atoms with Gasteiger partial charge in [0.15, 0.2) is 6.61 Å². The molecular weight excluding hydrogens is 358 g/mol. The zero-order valence-electron chi connectivity index (χ0n) is 16.0. The highest BCUT2D eigenvalue weighted by Crippen LogP contribution is 2.22. The lowest BCUT2D eigenvalue weighted by Crippen LogP contribution is -2.31. The molecule has 1 amide bonds. The second-order valence-corrected chi connectivity index (χ2v) is 6.56. The van der Waals surface area contributed by atoms with E-state index >= 15 is 0 Å². The van der Waals surface area contributed by atoms with Crippen LogP contribution < -0.4 is 15.0 Å². The summed E-state index contributed by atoms with van der Waals surface area (Å²) in [5.41, 5.74) is 1.40. The van der Waals surface area contributed by atoms with E-state index in [1.165, 1.54) is 0 Å². The second-order valence-electron chi connectivity index (χ2n) is 6.56. The molecule has 1 N–H and O–H groups in total. The zero-order valence-corrected chi connectivity index (χ0v) is 16.0. The lowest BCUT2D eigenvalue weighted by molar-refractivity contribution is -0.124. The van der Waals surface area contributed by atoms with Crippen molar-refractivity contribution in [3.8, 4) is 5.75 Å². The van der Waals surface area contributed by atoms with Gasteiger partial charge in [-0.1, -0.05) is 18.2 Å². The van der Waals surface area contributed by atoms with Crippen molar-refractivity contribution in [3.63, 3.8) is 0 Å². The fourth-order valence-electron chi connectivity index (χ4n) is 3.24. The van der Waals surface area contributed by atoms with Gasteiger partial charge in [0.05, 0.1) is 7.11 Å². The van der Waals surface area contributed by atoms with Crippen molar-refractivity contribution in [3.05, 3.63) is 53.7 Å². The number of rotatable bonds is 8. The van der Waals surface area contributed by atoms with Crippen molar-refractivity contribution < 1.29 is 19.1 Å². The minimum absolute atomic E-state index is 0.320. The van der Waals surface area contributed by atoms with E-state index in [9.17, 15) is 9.59 Å². The highest BCUT2D eigenvalue weighted by molar-refractivity contribution is 5.96. The Morgan fingerprint density at radius 3 is 2.71 bits per heavy atom. The number of aromatic nitrogens is 1. The summed E-state index contributed by atoms with van der Waals surface area (Å²) >= 11 is 0. The number of carbonyl (C=O) groups excluding carboxylic acids is 2. The molecular formula is C21H25N3O4. The number of hydrogen-bond donors (Lipinski definition) is 1. The summed E-state index contributed by atoms with van der Waals surface area (Å²) in [7, 11) is 1.62. The van der Waals surface area contributed by atoms with Crippen LogP contribution in [0.3, 0.4) is 0 Å². The highest BCUT2D eigenvalue weighted by atomic mass is 16.5. The molecule has 0 atom stereocenters. The number of nitrogens with zero attached hydrogens (tertiary/aromatic N) is 2. The molecule has 7 nitrogen and oxygen atoms in total. The van der Waals surface area contributed by atoms with E-state index in [1.54, 1.807) is 25.4 Å². The largest absolute Gasteiger partial charge is 0.496 e. The number of pyridine rings is 1. The SMILES string of the molecule is COc1ccccc1CCNC(=O)COC(=O)c1cccnc1N1CCCC1. The standard InChI is InChI=1S/C21H25N3O4/c1-27-18-9-3-2-7-16(18)10-12-22-19(25)15-28-21(26)17-8-6-11-23-20(17)24-13-4-5-14-24/h2-3,6-9,11H,4-5,10,12-15H2,1H3,(H,22,25). The van der Waals surface area contributed by atoms with Crippen molar-refractivity contribution in [2.75, 3.05) is 38.3 Å². The Labute approximate surface area is 164 Å². The van der Waals surface area contributed by atoms with Gasteiger partial charge in [-0.2, -0.15) is 0 Å². The molecule has 0 bridgehead atoms. The van der Waals surface area contributed by atoms with Gasteiger partial charge in [0, 0.05) is 25.8 Å². The van der Waals surface area contributed by atoms with E-state index in [1.807, 2.05) is 24.3 Å². The molecule has 0 aliphatic carbocycles. The number of carbonyl (C=O) groups is 2. The Bertz CT molecular complexity index is 819. The summed E-state index contributed by atoms with van der Waals surface area (Å²) in [5, 5.41) is 2.76. The predicted molar refractivity (Wildman–Crippen MR) is 106 cm³/mol. The van der Waals surface area contributed by atoms with Gasteiger partial charge in [-0.3, -0.25) is 4.79 Å². The number of methoxy groups -OCH3 is 1. The summed E-state index contributed by atoms with van der Waals surface area (Å²) < 4.78 is 10.5. The van der Waals surface area contributed by atoms with Crippen LogP contribution in [0, 0.1) is 0 Å². The molecule has 0 saturated carbocycles. The van der Waals surface area contributed by atoms with E-state index in [-0.39, 0.29) is 12.5 Å². The number of anilines is 1. The van der Waals surface area contributed by atoms with Crippen LogP contribution in [-0.2, 0) is 16.0 Å². The molecule has 28 heavy (non-hydrogen) atoms. The van der Waals surface area contributed by atoms with Gasteiger partial charge in [-0.05, 0) is 43.0 Å². The molecule has 0 radical (unpaired) electrons. The van der Waals surface area contributed by atoms with Crippen molar-refractivity contribution in [2.24, 2.45) is 0 Å². The fourth-order valence-corrected chi connectivity index (χ4v) is 3.24. The molecule has 2 aromatic rings. The van der Waals surface area contributed by atoms with Gasteiger partial charge in [0.1, 0.15) is 17.1 Å². The fraction of sp³-hybridized carbons (Fsp3) is 0.381. The first-order valence-electron chi connectivity index (χ1n) is 9.44. The molecule has 1 fully saturated rings. The van der Waals surface area contributed by atoms with Gasteiger partial charge in [0.25, 0.3) is 5.91 Å². The van der Waals surface area contributed by atoms with E-state index < -0.39 is 5.97 Å². The molecule has 1 saturated heterocycles. The van der Waals surface area contributed by atoms with Gasteiger partial charge >= 0.3 is 5.97 Å². The number of benzene rings is 1. The summed E-state index contributed by atoms with van der Waals surface area (Å²) in [4.78, 5) is 30.8. The first-order chi connectivity index (χ1) is 13.7. The molecule has 1 aromatic carbocycles. The Balaban J connectivity index is 1.48. The molecule has 148 valence electrons. The number of ether oxygens (including phenoxy) is 2. The van der Waals surface area contributed by atoms with Crippen LogP contribution in [0.4, 0.5) is 5.82 Å². The minimum Gasteiger partial charge on any atom is -0.496 e. The van der Waals surface area contributed by atoms with Crippen molar-refractivity contribution in [2.45, 2.75) is 19.3 Å². The Hall–Kier alpha value is -3.09. The third-order valence-corrected chi connectivity index (χ3v) is 4.66. The summed E-state index contributed by atoms with van der Waals surface area (Å²) in [6, 6.07) is 11.0. The number of nitrogens with one attached hydrogen (secondary N) is 1. The Morgan fingerprint density at radius 2 is 1.93 bits per heavy atom. The molecule has 2 heterocycles. The van der Waals surface area contributed by atoms with Crippen molar-refractivity contribution in [1.82, 2.24) is 10.3 Å². The Morgan fingerprint density at radius 1 is 1.14 bits per heavy atom. The Kier molecular flexibility index (Phi) is 6.84. The molecule has 0 unspecified atom stereocenters. The van der Waals surface area contributed by atoms with E-state index in [4.69, 9.17) is 9.47 Å². The topological polar surface area (TPSA) is 80.8 Å². The van der Waals surface area contributed by atoms with Crippen LogP contribution in [-0.4, -0.2) is 50.2 Å². The molecule has 1 aliphatic heterocycles. The second kappa shape index (κ2) is 9.73. The van der Waals surface area contributed by atoms with Crippen LogP contribution in [0.1, 0.15) is 28.8 Å². The maximum atomic E-state index is 12.4. The summed E-state index contributed by atoms with van der Waals surface area (Å²) in [6.07, 6.45) is 4.46. The normalized spacial score (nSPS) is 13.2. The lowest BCUT2D eigenvalue weighted by Gasteiger charge is -2.18. The zero-order chi connectivity index (χ0) is 19.8. The summed E-state index contributed by atoms with van der Waals surface area (Å²) in [6.45, 7) is 1.86. The maximum Gasteiger partial charge on any atom is 0.342 e. The minimum atomic E-state index is -0.533. The first-order valence-corrected chi connectivity index (χ1v) is 9.44. The number of esters is 1. The van der Waals surface area contributed by atoms with Crippen LogP contribution in [0.5, 0.6) is 5.75 Å². The third-order valence-electron chi connectivity index (χ3n) is 4.66. The van der Waals surface area contributed by atoms with E-state index in [2.05, 4.69) is 15.2 Å². The van der Waals surface area contributed by atoms with Gasteiger partial charge in [0.2, 0.25) is 0 Å². The molecule has 1 aliphatic rings. The molecule has 7 heteroatoms. The smallest absolute Gasteiger partial charge is 0.342 e. The average Bonchev–Trinajstić information content (AvgIpc) is 3.27. The predicted octanol–water partition coefficient (Wildman–Crippen LogP) is 2.21. The number of para-hydroxylation sites is 1. The van der Waals surface area contributed by atoms with Crippen LogP contribution >= 0.6 is 0 Å². The van der Waals surface area contributed by atoms with Crippen LogP contribution in [0.25, 0.3) is 0 Å². The number of amides is 1. The quantitative estimate of drug-likeness (QED) is 0.704. The van der Waals surface area contributed by atoms with E-state index in [0.717, 1.165) is 37.2 Å². The van der Waals surface area contributed by atoms with Crippen molar-refractivity contribution >= 4 is 17.7 Å². The molecule has 3 rings (SSSR count). The van der Waals surface area contributed by atoms with Crippen LogP contribution in [0.2, 0.25) is 0 Å². The van der Waals surface area contributed by atoms with Gasteiger partial charge < -0.3 is 19.7 Å². The van der Waals surface area contributed by atoms with Gasteiger partial charge in [-0.15, -0.1) is 0 Å². The number of hydrogen-bond acceptors (Lipinski definition) is 6. The average molecular weight is 383 g/mol. The monoisotopic (exact) mass is 383 g/mol. The first kappa shape index (κ1) is 19.7. The van der Waals surface area contributed by atoms with Crippen molar-refractivity contribution in [1.29, 1.82) is 0 Å². The van der Waals surface area contributed by atoms with Gasteiger partial charge in [-0.25, -0.2) is 9.78 Å². The third kappa shape index (κ3) is 5.00.